The van der Waals surface area contributed by atoms with Crippen molar-refractivity contribution in [3.05, 3.63) is 34.3 Å². The van der Waals surface area contributed by atoms with Crippen molar-refractivity contribution in [2.24, 2.45) is 11.1 Å². The van der Waals surface area contributed by atoms with Gasteiger partial charge in [0, 0.05) is 29.0 Å². The van der Waals surface area contributed by atoms with Crippen molar-refractivity contribution in [3.8, 4) is 0 Å². The van der Waals surface area contributed by atoms with E-state index >= 15 is 0 Å². The van der Waals surface area contributed by atoms with Gasteiger partial charge in [0.05, 0.1) is 5.71 Å². The number of likely N-dealkylation sites (tertiary alicyclic amines) is 2. The summed E-state index contributed by atoms with van der Waals surface area (Å²) in [5.41, 5.74) is 1.86. The Hall–Kier alpha value is -1.60. The van der Waals surface area contributed by atoms with Crippen molar-refractivity contribution < 1.29 is 14.4 Å². The molecule has 2 saturated heterocycles. The maximum Gasteiger partial charge on any atom is 0.410 e. The molecular formula is C26H40BrN3O3. The van der Waals surface area contributed by atoms with Gasteiger partial charge in [-0.1, -0.05) is 33.2 Å². The number of benzene rings is 1. The number of nitrogens with zero attached hydrogens (tertiary/aromatic N) is 3. The van der Waals surface area contributed by atoms with Crippen molar-refractivity contribution in [2.75, 3.05) is 26.2 Å². The molecule has 2 aliphatic heterocycles. The van der Waals surface area contributed by atoms with Crippen LogP contribution in [0.5, 0.6) is 0 Å². The molecule has 0 bridgehead atoms. The Balaban J connectivity index is 1.60. The first-order valence-corrected chi connectivity index (χ1v) is 13.0. The molecular weight excluding hydrogens is 482 g/mol. The monoisotopic (exact) mass is 521 g/mol. The summed E-state index contributed by atoms with van der Waals surface area (Å²) in [7, 11) is 0. The fourth-order valence-electron chi connectivity index (χ4n) is 4.65. The zero-order chi connectivity index (χ0) is 24.2. The molecule has 2 fully saturated rings. The van der Waals surface area contributed by atoms with Crippen molar-refractivity contribution in [3.63, 3.8) is 0 Å². The molecule has 33 heavy (non-hydrogen) atoms. The van der Waals surface area contributed by atoms with E-state index in [1.54, 1.807) is 0 Å². The third kappa shape index (κ3) is 7.19. The van der Waals surface area contributed by atoms with Crippen molar-refractivity contribution in [2.45, 2.75) is 84.5 Å². The Morgan fingerprint density at radius 2 is 1.67 bits per heavy atom. The van der Waals surface area contributed by atoms with Gasteiger partial charge in [-0.05, 0) is 98.0 Å². The topological polar surface area (TPSA) is 54.4 Å². The van der Waals surface area contributed by atoms with Gasteiger partial charge >= 0.3 is 6.09 Å². The molecule has 1 aromatic rings. The van der Waals surface area contributed by atoms with E-state index in [2.05, 4.69) is 57.2 Å². The first-order valence-electron chi connectivity index (χ1n) is 12.2. The Morgan fingerprint density at radius 3 is 2.18 bits per heavy atom. The molecule has 1 aromatic carbocycles. The summed E-state index contributed by atoms with van der Waals surface area (Å²) in [6.07, 6.45) is 3.93. The van der Waals surface area contributed by atoms with E-state index in [-0.39, 0.29) is 17.7 Å². The molecule has 0 unspecified atom stereocenters. The smallest absolute Gasteiger partial charge is 0.410 e. The summed E-state index contributed by atoms with van der Waals surface area (Å²) in [6.45, 7) is 15.7. The van der Waals surface area contributed by atoms with Gasteiger partial charge < -0.3 is 14.5 Å². The minimum atomic E-state index is -0.451. The van der Waals surface area contributed by atoms with E-state index in [1.165, 1.54) is 0 Å². The number of piperidine rings is 2. The maximum atomic E-state index is 12.4. The normalized spacial score (nSPS) is 20.7. The quantitative estimate of drug-likeness (QED) is 0.348. The van der Waals surface area contributed by atoms with E-state index in [0.717, 1.165) is 67.6 Å². The second-order valence-electron chi connectivity index (χ2n) is 10.9. The van der Waals surface area contributed by atoms with Crippen molar-refractivity contribution in [1.82, 2.24) is 9.80 Å². The lowest BCUT2D eigenvalue weighted by molar-refractivity contribution is -0.00834. The van der Waals surface area contributed by atoms with Gasteiger partial charge in [0.25, 0.3) is 0 Å². The lowest BCUT2D eigenvalue weighted by atomic mass is 9.82. The molecule has 184 valence electrons. The molecule has 7 heteroatoms. The predicted molar refractivity (Wildman–Crippen MR) is 137 cm³/mol. The Labute approximate surface area is 207 Å². The number of hydrogen-bond donors (Lipinski definition) is 0. The lowest BCUT2D eigenvalue weighted by Gasteiger charge is -2.49. The zero-order valence-corrected chi connectivity index (χ0v) is 22.7. The number of oxime groups is 1. The number of ether oxygens (including phenoxy) is 1. The summed E-state index contributed by atoms with van der Waals surface area (Å²) in [5.74, 6) is 0.381. The number of carbonyl (C=O) groups excluding carboxylic acids is 1. The van der Waals surface area contributed by atoms with E-state index in [1.807, 2.05) is 39.5 Å². The van der Waals surface area contributed by atoms with Gasteiger partial charge in [-0.25, -0.2) is 4.79 Å². The molecule has 0 atom stereocenters. The third-order valence-electron chi connectivity index (χ3n) is 6.64. The van der Waals surface area contributed by atoms with Crippen LogP contribution in [0.2, 0.25) is 0 Å². The van der Waals surface area contributed by atoms with Crippen LogP contribution >= 0.6 is 15.9 Å². The SMILES string of the molecule is CC(C)O/N=C(\c1ccc(Br)cc1)C1CCN(C2(C)CCN(C(=O)OC(C)(C)C)CC2)CC1. The molecule has 2 heterocycles. The van der Waals surface area contributed by atoms with Gasteiger partial charge in [-0.2, -0.15) is 0 Å². The molecule has 6 nitrogen and oxygen atoms in total. The van der Waals surface area contributed by atoms with Crippen LogP contribution in [-0.4, -0.2) is 65.0 Å². The number of amides is 1. The van der Waals surface area contributed by atoms with Crippen molar-refractivity contribution >= 4 is 27.7 Å². The van der Waals surface area contributed by atoms with Crippen LogP contribution in [0.15, 0.2) is 33.9 Å². The minimum absolute atomic E-state index is 0.0598. The van der Waals surface area contributed by atoms with Gasteiger partial charge in [0.1, 0.15) is 11.7 Å². The molecule has 0 aromatic heterocycles. The van der Waals surface area contributed by atoms with Crippen LogP contribution in [0.25, 0.3) is 0 Å². The van der Waals surface area contributed by atoms with Gasteiger partial charge in [-0.15, -0.1) is 0 Å². The van der Waals surface area contributed by atoms with E-state index in [4.69, 9.17) is 9.57 Å². The molecule has 0 radical (unpaired) electrons. The van der Waals surface area contributed by atoms with Crippen LogP contribution in [0, 0.1) is 5.92 Å². The number of hydrogen-bond acceptors (Lipinski definition) is 5. The van der Waals surface area contributed by atoms with Crippen LogP contribution in [0.3, 0.4) is 0 Å². The van der Waals surface area contributed by atoms with E-state index < -0.39 is 5.60 Å². The highest BCUT2D eigenvalue weighted by molar-refractivity contribution is 9.10. The second-order valence-corrected chi connectivity index (χ2v) is 11.8. The largest absolute Gasteiger partial charge is 0.444 e. The van der Waals surface area contributed by atoms with Gasteiger partial charge in [-0.3, -0.25) is 4.90 Å². The highest BCUT2D eigenvalue weighted by Gasteiger charge is 2.40. The Morgan fingerprint density at radius 1 is 1.09 bits per heavy atom. The summed E-state index contributed by atoms with van der Waals surface area (Å²) in [5, 5.41) is 4.58. The van der Waals surface area contributed by atoms with Gasteiger partial charge in [0.2, 0.25) is 0 Å². The number of carbonyl (C=O) groups is 1. The van der Waals surface area contributed by atoms with Gasteiger partial charge in [0.15, 0.2) is 0 Å². The fraction of sp³-hybridized carbons (Fsp3) is 0.692. The molecule has 0 saturated carbocycles. The molecule has 0 aliphatic carbocycles. The Kier molecular flexibility index (Phi) is 8.49. The average molecular weight is 523 g/mol. The standard InChI is InChI=1S/C26H40BrN3O3/c1-19(2)33-28-23(20-7-9-22(27)10-8-20)21-11-15-30(16-12-21)26(6)13-17-29(18-14-26)24(31)32-25(3,4)5/h7-10,19,21H,11-18H2,1-6H3/b28-23+. The number of halogens is 1. The third-order valence-corrected chi connectivity index (χ3v) is 7.17. The summed E-state index contributed by atoms with van der Waals surface area (Å²) in [6, 6.07) is 8.36. The molecule has 1 amide bonds. The summed E-state index contributed by atoms with van der Waals surface area (Å²) in [4.78, 5) is 22.6. The lowest BCUT2D eigenvalue weighted by Crippen LogP contribution is -2.57. The highest BCUT2D eigenvalue weighted by Crippen LogP contribution is 2.34. The van der Waals surface area contributed by atoms with E-state index in [0.29, 0.717) is 5.92 Å². The first-order chi connectivity index (χ1) is 15.5. The highest BCUT2D eigenvalue weighted by atomic mass is 79.9. The molecule has 3 rings (SSSR count). The molecule has 0 N–H and O–H groups in total. The van der Waals surface area contributed by atoms with Crippen LogP contribution < -0.4 is 0 Å². The van der Waals surface area contributed by atoms with Crippen LogP contribution in [0.4, 0.5) is 4.79 Å². The Bertz CT molecular complexity index is 816. The zero-order valence-electron chi connectivity index (χ0n) is 21.1. The fourth-order valence-corrected chi connectivity index (χ4v) is 4.92. The second kappa shape index (κ2) is 10.8. The molecule has 2 aliphatic rings. The predicted octanol–water partition coefficient (Wildman–Crippen LogP) is 6.08. The van der Waals surface area contributed by atoms with E-state index in [9.17, 15) is 4.79 Å². The number of rotatable bonds is 5. The van der Waals surface area contributed by atoms with Crippen LogP contribution in [0.1, 0.15) is 72.8 Å². The average Bonchev–Trinajstić information content (AvgIpc) is 2.74. The summed E-state index contributed by atoms with van der Waals surface area (Å²) < 4.78 is 6.63. The minimum Gasteiger partial charge on any atom is -0.444 e. The first kappa shape index (κ1) is 26.0. The molecule has 0 spiro atoms. The maximum absolute atomic E-state index is 12.4. The van der Waals surface area contributed by atoms with Crippen LogP contribution in [-0.2, 0) is 9.57 Å². The van der Waals surface area contributed by atoms with Crippen molar-refractivity contribution in [1.29, 1.82) is 0 Å². The summed E-state index contributed by atoms with van der Waals surface area (Å²) >= 11 is 3.53.